The third-order valence-corrected chi connectivity index (χ3v) is 3.86. The minimum atomic E-state index is 0.488. The molecule has 2 rings (SSSR count). The molecule has 1 unspecified atom stereocenters. The quantitative estimate of drug-likeness (QED) is 0.901. The van der Waals surface area contributed by atoms with Gasteiger partial charge in [0.1, 0.15) is 5.82 Å². The van der Waals surface area contributed by atoms with Crippen LogP contribution in [0.15, 0.2) is 12.3 Å². The summed E-state index contributed by atoms with van der Waals surface area (Å²) in [5.74, 6) is 2.39. The van der Waals surface area contributed by atoms with Crippen LogP contribution >= 0.6 is 11.6 Å². The normalized spacial score (nSPS) is 20.3. The van der Waals surface area contributed by atoms with Gasteiger partial charge in [0, 0.05) is 25.8 Å². The number of anilines is 1. The Hall–Kier alpha value is -0.800. The molecule has 0 aromatic carbocycles. The van der Waals surface area contributed by atoms with Crippen LogP contribution < -0.4 is 10.6 Å². The Labute approximate surface area is 108 Å². The molecule has 2 N–H and O–H groups in total. The van der Waals surface area contributed by atoms with Crippen LogP contribution in [0.1, 0.15) is 25.8 Å². The molecule has 1 atom stereocenters. The summed E-state index contributed by atoms with van der Waals surface area (Å²) in [5, 5.41) is 0.720. The number of nitrogens with zero attached hydrogens (tertiary/aromatic N) is 2. The molecule has 0 radical (unpaired) electrons. The molecule has 94 valence electrons. The van der Waals surface area contributed by atoms with Gasteiger partial charge >= 0.3 is 0 Å². The number of rotatable bonds is 3. The van der Waals surface area contributed by atoms with Crippen molar-refractivity contribution < 1.29 is 0 Å². The molecule has 1 aromatic heterocycles. The van der Waals surface area contributed by atoms with Gasteiger partial charge in [0.25, 0.3) is 0 Å². The minimum Gasteiger partial charge on any atom is -0.355 e. The number of nitrogens with two attached hydrogens (primary N) is 1. The molecule has 0 amide bonds. The van der Waals surface area contributed by atoms with Crippen LogP contribution in [-0.4, -0.2) is 18.1 Å². The molecule has 1 aromatic rings. The predicted octanol–water partition coefficient (Wildman–Crippen LogP) is 2.68. The van der Waals surface area contributed by atoms with E-state index in [4.69, 9.17) is 17.3 Å². The van der Waals surface area contributed by atoms with Gasteiger partial charge in [-0.25, -0.2) is 4.98 Å². The number of pyridine rings is 1. The Morgan fingerprint density at radius 1 is 1.59 bits per heavy atom. The highest BCUT2D eigenvalue weighted by Gasteiger charge is 2.26. The van der Waals surface area contributed by atoms with Gasteiger partial charge in [-0.3, -0.25) is 0 Å². The highest BCUT2D eigenvalue weighted by molar-refractivity contribution is 6.33. The summed E-state index contributed by atoms with van der Waals surface area (Å²) in [5.41, 5.74) is 6.56. The maximum absolute atomic E-state index is 6.26. The van der Waals surface area contributed by atoms with E-state index in [1.54, 1.807) is 0 Å². The fourth-order valence-electron chi connectivity index (χ4n) is 2.34. The van der Waals surface area contributed by atoms with Crippen molar-refractivity contribution in [2.24, 2.45) is 17.6 Å². The molecule has 1 aliphatic heterocycles. The maximum atomic E-state index is 6.26. The first-order valence-corrected chi connectivity index (χ1v) is 6.59. The van der Waals surface area contributed by atoms with Crippen molar-refractivity contribution in [3.8, 4) is 0 Å². The lowest BCUT2D eigenvalue weighted by molar-refractivity contribution is 0.422. The van der Waals surface area contributed by atoms with E-state index in [0.717, 1.165) is 41.3 Å². The third-order valence-electron chi connectivity index (χ3n) is 3.58. The van der Waals surface area contributed by atoms with Crippen molar-refractivity contribution >= 4 is 17.4 Å². The Morgan fingerprint density at radius 3 is 2.88 bits per heavy atom. The topological polar surface area (TPSA) is 42.2 Å². The van der Waals surface area contributed by atoms with Gasteiger partial charge in [0.05, 0.1) is 5.02 Å². The fraction of sp³-hybridized carbons (Fsp3) is 0.615. The van der Waals surface area contributed by atoms with Crippen LogP contribution in [0, 0.1) is 11.8 Å². The molecule has 3 nitrogen and oxygen atoms in total. The molecule has 1 aliphatic rings. The van der Waals surface area contributed by atoms with Crippen LogP contribution in [0.25, 0.3) is 0 Å². The van der Waals surface area contributed by atoms with Crippen LogP contribution in [0.4, 0.5) is 5.82 Å². The second-order valence-electron chi connectivity index (χ2n) is 5.09. The highest BCUT2D eigenvalue weighted by atomic mass is 35.5. The van der Waals surface area contributed by atoms with Gasteiger partial charge in [-0.15, -0.1) is 0 Å². The van der Waals surface area contributed by atoms with Crippen molar-refractivity contribution in [1.29, 1.82) is 0 Å². The van der Waals surface area contributed by atoms with Crippen LogP contribution in [-0.2, 0) is 6.54 Å². The van der Waals surface area contributed by atoms with E-state index in [1.807, 2.05) is 12.3 Å². The Balaban J connectivity index is 2.13. The minimum absolute atomic E-state index is 0.488. The first-order chi connectivity index (χ1) is 8.11. The Kier molecular flexibility index (Phi) is 3.89. The summed E-state index contributed by atoms with van der Waals surface area (Å²) in [6, 6.07) is 1.92. The number of hydrogen-bond acceptors (Lipinski definition) is 3. The number of hydrogen-bond donors (Lipinski definition) is 1. The van der Waals surface area contributed by atoms with E-state index in [-0.39, 0.29) is 0 Å². The van der Waals surface area contributed by atoms with Crippen LogP contribution in [0.2, 0.25) is 5.02 Å². The zero-order valence-corrected chi connectivity index (χ0v) is 11.2. The first kappa shape index (κ1) is 12.7. The Morgan fingerprint density at radius 2 is 2.35 bits per heavy atom. The zero-order chi connectivity index (χ0) is 12.4. The number of halogens is 1. The summed E-state index contributed by atoms with van der Waals surface area (Å²) < 4.78 is 0. The molecule has 0 saturated carbocycles. The molecule has 0 aliphatic carbocycles. The van der Waals surface area contributed by atoms with Gasteiger partial charge in [-0.2, -0.15) is 0 Å². The second kappa shape index (κ2) is 5.23. The highest BCUT2D eigenvalue weighted by Crippen LogP contribution is 2.31. The van der Waals surface area contributed by atoms with Gasteiger partial charge < -0.3 is 10.6 Å². The van der Waals surface area contributed by atoms with Crippen molar-refractivity contribution in [2.75, 3.05) is 18.0 Å². The van der Waals surface area contributed by atoms with Crippen LogP contribution in [0.5, 0.6) is 0 Å². The van der Waals surface area contributed by atoms with Crippen LogP contribution in [0.3, 0.4) is 0 Å². The molecule has 0 bridgehead atoms. The molecule has 4 heteroatoms. The SMILES string of the molecule is CC(C)C1CCN(c2ncc(CN)cc2Cl)C1. The molecular formula is C13H20ClN3. The van der Waals surface area contributed by atoms with E-state index in [2.05, 4.69) is 23.7 Å². The van der Waals surface area contributed by atoms with Gasteiger partial charge in [0.15, 0.2) is 0 Å². The van der Waals surface area contributed by atoms with E-state index >= 15 is 0 Å². The summed E-state index contributed by atoms with van der Waals surface area (Å²) in [6.45, 7) is 7.16. The average Bonchev–Trinajstić information content (AvgIpc) is 2.78. The van der Waals surface area contributed by atoms with Crippen molar-refractivity contribution in [2.45, 2.75) is 26.8 Å². The van der Waals surface area contributed by atoms with E-state index in [0.29, 0.717) is 6.54 Å². The summed E-state index contributed by atoms with van der Waals surface area (Å²) in [6.07, 6.45) is 3.05. The molecule has 17 heavy (non-hydrogen) atoms. The molecule has 2 heterocycles. The molecule has 1 saturated heterocycles. The van der Waals surface area contributed by atoms with Crippen molar-refractivity contribution in [3.05, 3.63) is 22.8 Å². The average molecular weight is 254 g/mol. The van der Waals surface area contributed by atoms with Gasteiger partial charge in [-0.1, -0.05) is 25.4 Å². The van der Waals surface area contributed by atoms with E-state index in [1.165, 1.54) is 6.42 Å². The maximum Gasteiger partial charge on any atom is 0.147 e. The summed E-state index contributed by atoms with van der Waals surface area (Å²) in [7, 11) is 0. The monoisotopic (exact) mass is 253 g/mol. The lowest BCUT2D eigenvalue weighted by Gasteiger charge is -2.20. The predicted molar refractivity (Wildman–Crippen MR) is 72.3 cm³/mol. The van der Waals surface area contributed by atoms with Gasteiger partial charge in [0.2, 0.25) is 0 Å². The zero-order valence-electron chi connectivity index (χ0n) is 10.5. The molecular weight excluding hydrogens is 234 g/mol. The molecule has 1 fully saturated rings. The first-order valence-electron chi connectivity index (χ1n) is 6.21. The fourth-order valence-corrected chi connectivity index (χ4v) is 2.65. The van der Waals surface area contributed by atoms with Gasteiger partial charge in [-0.05, 0) is 29.9 Å². The second-order valence-corrected chi connectivity index (χ2v) is 5.50. The van der Waals surface area contributed by atoms with Crippen molar-refractivity contribution in [1.82, 2.24) is 4.98 Å². The van der Waals surface area contributed by atoms with Crippen molar-refractivity contribution in [3.63, 3.8) is 0 Å². The Bertz CT molecular complexity index is 392. The standard InChI is InChI=1S/C13H20ClN3/c1-9(2)11-3-4-17(8-11)13-12(14)5-10(6-15)7-16-13/h5,7,9,11H,3-4,6,8,15H2,1-2H3. The lowest BCUT2D eigenvalue weighted by Crippen LogP contribution is -2.22. The van der Waals surface area contributed by atoms with E-state index in [9.17, 15) is 0 Å². The third kappa shape index (κ3) is 2.72. The largest absolute Gasteiger partial charge is 0.355 e. The summed E-state index contributed by atoms with van der Waals surface area (Å²) in [4.78, 5) is 6.72. The molecule has 0 spiro atoms. The summed E-state index contributed by atoms with van der Waals surface area (Å²) >= 11 is 6.26. The van der Waals surface area contributed by atoms with E-state index < -0.39 is 0 Å². The smallest absolute Gasteiger partial charge is 0.147 e. The number of aromatic nitrogens is 1. The lowest BCUT2D eigenvalue weighted by atomic mass is 9.95.